The molecule has 0 saturated carbocycles. The van der Waals surface area contributed by atoms with E-state index in [2.05, 4.69) is 26.1 Å². The molecule has 2 saturated heterocycles. The molecule has 46 heavy (non-hydrogen) atoms. The molecule has 246 valence electrons. The first kappa shape index (κ1) is 34.7. The lowest BCUT2D eigenvalue weighted by molar-refractivity contribution is -0.158. The summed E-state index contributed by atoms with van der Waals surface area (Å²) in [5.74, 6) is -0.973. The van der Waals surface area contributed by atoms with Crippen molar-refractivity contribution in [2.24, 2.45) is 11.3 Å². The van der Waals surface area contributed by atoms with Crippen LogP contribution in [0.1, 0.15) is 44.1 Å². The first-order valence-electron chi connectivity index (χ1n) is 14.9. The first-order valence-corrected chi connectivity index (χ1v) is 15.7. The second kappa shape index (κ2) is 15.9. The summed E-state index contributed by atoms with van der Waals surface area (Å²) in [6.07, 6.45) is 2.03. The lowest BCUT2D eigenvalue weighted by atomic mass is 9.75. The standard InChI is InChI=1S/C31H33BrF2N4O5.CH2O2/c1-2-42-30(41)31-14-3-15-37(27(39)13-11-26-35-29(36-43-26)21-6-8-23(33)9-7-21)17-22(31)18-38(19-31)28(40)12-5-20-4-10-24(32)25(34)16-20;2-1-3/h4,6-10,16,22H,2-3,5,11-15,17-19H2,1H3;1H,(H,2,3). The number of likely N-dealkylation sites (tertiary alicyclic amines) is 2. The number of rotatable bonds is 9. The molecule has 2 aliphatic rings. The van der Waals surface area contributed by atoms with Gasteiger partial charge in [0.2, 0.25) is 23.5 Å². The Hall–Kier alpha value is -4.20. The van der Waals surface area contributed by atoms with Gasteiger partial charge in [-0.3, -0.25) is 19.2 Å². The van der Waals surface area contributed by atoms with Crippen molar-refractivity contribution in [2.75, 3.05) is 32.8 Å². The molecule has 2 aromatic carbocycles. The predicted molar refractivity (Wildman–Crippen MR) is 164 cm³/mol. The number of carbonyl (C=O) groups excluding carboxylic acids is 3. The highest BCUT2D eigenvalue weighted by Crippen LogP contribution is 2.44. The molecule has 0 spiro atoms. The summed E-state index contributed by atoms with van der Waals surface area (Å²) in [5, 5.41) is 10.8. The molecule has 3 heterocycles. The smallest absolute Gasteiger partial charge is 0.314 e. The monoisotopic (exact) mass is 704 g/mol. The molecule has 11 nitrogen and oxygen atoms in total. The Labute approximate surface area is 273 Å². The van der Waals surface area contributed by atoms with Crippen LogP contribution in [0.25, 0.3) is 11.4 Å². The second-order valence-corrected chi connectivity index (χ2v) is 12.0. The van der Waals surface area contributed by atoms with Gasteiger partial charge in [0.05, 0.1) is 16.5 Å². The molecule has 2 aliphatic heterocycles. The van der Waals surface area contributed by atoms with E-state index in [4.69, 9.17) is 19.2 Å². The van der Waals surface area contributed by atoms with Crippen molar-refractivity contribution >= 4 is 40.2 Å². The van der Waals surface area contributed by atoms with Crippen LogP contribution in [0.2, 0.25) is 0 Å². The minimum atomic E-state index is -0.888. The van der Waals surface area contributed by atoms with Gasteiger partial charge in [-0.2, -0.15) is 4.98 Å². The fourth-order valence-corrected chi connectivity index (χ4v) is 6.25. The molecule has 2 unspecified atom stereocenters. The van der Waals surface area contributed by atoms with E-state index in [0.29, 0.717) is 66.2 Å². The number of carbonyl (C=O) groups is 4. The van der Waals surface area contributed by atoms with Crippen molar-refractivity contribution < 1.29 is 42.3 Å². The number of ether oxygens (including phenoxy) is 1. The number of esters is 1. The summed E-state index contributed by atoms with van der Waals surface area (Å²) in [4.78, 5) is 56.1. The Morgan fingerprint density at radius 3 is 2.46 bits per heavy atom. The zero-order valence-electron chi connectivity index (χ0n) is 25.3. The largest absolute Gasteiger partial charge is 0.483 e. The van der Waals surface area contributed by atoms with E-state index in [1.165, 1.54) is 18.2 Å². The minimum absolute atomic E-state index is 0.108. The molecule has 0 radical (unpaired) electrons. The van der Waals surface area contributed by atoms with Crippen LogP contribution in [0.4, 0.5) is 8.78 Å². The van der Waals surface area contributed by atoms with Crippen molar-refractivity contribution in [1.82, 2.24) is 19.9 Å². The number of carboxylic acid groups (broad SMARTS) is 1. The molecule has 14 heteroatoms. The highest BCUT2D eigenvalue weighted by atomic mass is 79.9. The van der Waals surface area contributed by atoms with Gasteiger partial charge in [-0.15, -0.1) is 0 Å². The zero-order chi connectivity index (χ0) is 33.3. The maximum atomic E-state index is 13.9. The first-order chi connectivity index (χ1) is 22.1. The van der Waals surface area contributed by atoms with Crippen LogP contribution in [-0.2, 0) is 36.8 Å². The normalized spacial score (nSPS) is 19.0. The van der Waals surface area contributed by atoms with Gasteiger partial charge in [-0.1, -0.05) is 11.2 Å². The van der Waals surface area contributed by atoms with Gasteiger partial charge >= 0.3 is 5.97 Å². The molecule has 3 aromatic rings. The number of fused-ring (bicyclic) bond motifs is 1. The Kier molecular flexibility index (Phi) is 12.0. The summed E-state index contributed by atoms with van der Waals surface area (Å²) in [7, 11) is 0. The van der Waals surface area contributed by atoms with Crippen LogP contribution >= 0.6 is 15.9 Å². The number of hydrogen-bond acceptors (Lipinski definition) is 8. The summed E-state index contributed by atoms with van der Waals surface area (Å²) >= 11 is 3.14. The van der Waals surface area contributed by atoms with Crippen LogP contribution in [0, 0.1) is 23.0 Å². The van der Waals surface area contributed by atoms with Crippen molar-refractivity contribution in [3.63, 3.8) is 0 Å². The average molecular weight is 706 g/mol. The van der Waals surface area contributed by atoms with E-state index in [1.807, 2.05) is 0 Å². The molecule has 1 N–H and O–H groups in total. The third-order valence-electron chi connectivity index (χ3n) is 8.31. The summed E-state index contributed by atoms with van der Waals surface area (Å²) < 4.78 is 38.3. The molecular weight excluding hydrogens is 670 g/mol. The predicted octanol–water partition coefficient (Wildman–Crippen LogP) is 4.67. The topological polar surface area (TPSA) is 143 Å². The third-order valence-corrected chi connectivity index (χ3v) is 8.95. The molecule has 2 atom stereocenters. The van der Waals surface area contributed by atoms with Crippen molar-refractivity contribution in [3.05, 3.63) is 70.0 Å². The quantitative estimate of drug-likeness (QED) is 0.248. The molecule has 1 aromatic heterocycles. The van der Waals surface area contributed by atoms with Crippen LogP contribution < -0.4 is 0 Å². The number of amides is 2. The molecule has 2 fully saturated rings. The molecule has 0 aliphatic carbocycles. The molecular formula is C32H35BrF2N4O7. The highest BCUT2D eigenvalue weighted by molar-refractivity contribution is 9.10. The number of aryl methyl sites for hydroxylation is 2. The number of aromatic nitrogens is 2. The fraction of sp³-hybridized carbons (Fsp3) is 0.438. The molecule has 0 bridgehead atoms. The Bertz CT molecular complexity index is 1540. The number of nitrogens with zero attached hydrogens (tertiary/aromatic N) is 4. The average Bonchev–Trinajstić information content (AvgIpc) is 3.62. The highest BCUT2D eigenvalue weighted by Gasteiger charge is 2.55. The van der Waals surface area contributed by atoms with Crippen LogP contribution in [0.3, 0.4) is 0 Å². The zero-order valence-corrected chi connectivity index (χ0v) is 26.9. The number of benzene rings is 2. The summed E-state index contributed by atoms with van der Waals surface area (Å²) in [6.45, 7) is 3.11. The van der Waals surface area contributed by atoms with E-state index < -0.39 is 5.41 Å². The minimum Gasteiger partial charge on any atom is -0.483 e. The van der Waals surface area contributed by atoms with Gasteiger partial charge in [0.15, 0.2) is 0 Å². The van der Waals surface area contributed by atoms with E-state index in [0.717, 1.165) is 0 Å². The maximum Gasteiger partial charge on any atom is 0.314 e. The Morgan fingerprint density at radius 2 is 1.76 bits per heavy atom. The van der Waals surface area contributed by atoms with Crippen molar-refractivity contribution in [1.29, 1.82) is 0 Å². The fourth-order valence-electron chi connectivity index (χ4n) is 6.01. The van der Waals surface area contributed by atoms with Crippen LogP contribution in [0.5, 0.6) is 0 Å². The van der Waals surface area contributed by atoms with E-state index in [9.17, 15) is 23.2 Å². The van der Waals surface area contributed by atoms with E-state index >= 15 is 0 Å². The van der Waals surface area contributed by atoms with E-state index in [1.54, 1.807) is 41.0 Å². The Balaban J connectivity index is 0.00000154. The summed E-state index contributed by atoms with van der Waals surface area (Å²) in [5.41, 5.74) is 0.432. The van der Waals surface area contributed by atoms with Gasteiger partial charge in [-0.05, 0) is 84.1 Å². The summed E-state index contributed by atoms with van der Waals surface area (Å²) in [6, 6.07) is 10.5. The van der Waals surface area contributed by atoms with Crippen molar-refractivity contribution in [3.8, 4) is 11.4 Å². The van der Waals surface area contributed by atoms with Gasteiger partial charge in [0.1, 0.15) is 11.6 Å². The van der Waals surface area contributed by atoms with Gasteiger partial charge < -0.3 is 24.2 Å². The van der Waals surface area contributed by atoms with Gasteiger partial charge in [0.25, 0.3) is 6.47 Å². The SMILES string of the molecule is CCOC(=O)C12CCCN(C(=O)CCc3nc(-c4ccc(F)cc4)no3)CC1CN(C(=O)CCc1ccc(Br)c(F)c1)C2.O=CO. The Morgan fingerprint density at radius 1 is 1.09 bits per heavy atom. The lowest BCUT2D eigenvalue weighted by Crippen LogP contribution is -2.43. The number of hydrogen-bond donors (Lipinski definition) is 1. The van der Waals surface area contributed by atoms with Crippen LogP contribution in [-0.4, -0.2) is 82.1 Å². The van der Waals surface area contributed by atoms with Crippen LogP contribution in [0.15, 0.2) is 51.5 Å². The van der Waals surface area contributed by atoms with Gasteiger partial charge in [-0.25, -0.2) is 8.78 Å². The molecule has 5 rings (SSSR count). The maximum absolute atomic E-state index is 13.9. The lowest BCUT2D eigenvalue weighted by Gasteiger charge is -2.31. The number of halogens is 3. The second-order valence-electron chi connectivity index (χ2n) is 11.2. The third kappa shape index (κ3) is 8.33. The van der Waals surface area contributed by atoms with Gasteiger partial charge in [0, 0.05) is 56.9 Å². The molecule has 2 amide bonds. The van der Waals surface area contributed by atoms with E-state index in [-0.39, 0.29) is 74.2 Å². The van der Waals surface area contributed by atoms with Crippen molar-refractivity contribution in [2.45, 2.75) is 45.4 Å².